The van der Waals surface area contributed by atoms with Crippen molar-refractivity contribution in [3.63, 3.8) is 0 Å². The van der Waals surface area contributed by atoms with Crippen LogP contribution >= 0.6 is 0 Å². The van der Waals surface area contributed by atoms with Crippen molar-refractivity contribution in [2.45, 2.75) is 43.2 Å². The van der Waals surface area contributed by atoms with Crippen LogP contribution in [0, 0.1) is 4.78 Å². The van der Waals surface area contributed by atoms with Crippen LogP contribution in [0.3, 0.4) is 0 Å². The first-order valence-electron chi connectivity index (χ1n) is 8.96. The second-order valence-corrected chi connectivity index (χ2v) is 9.18. The Bertz CT molecular complexity index is 1030. The molecule has 1 aromatic rings. The average molecular weight is 510 g/mol. The lowest BCUT2D eigenvalue weighted by molar-refractivity contribution is -0.246. The predicted octanol–water partition coefficient (Wildman–Crippen LogP) is 6.04. The standard InChI is InChI=1S/C19H19F9N2O2S/c1-4-30(10-17(21,22)16(20)19(26,27)28)15(31)8-11(3)13-7-6-12(18(23,24)25)9-14(13)33(29,32)5-2/h4,6-9,16,29H,1,5,10H2,2-3H3/b11-8+. The second-order valence-electron chi connectivity index (χ2n) is 6.81. The van der Waals surface area contributed by atoms with Crippen LogP contribution in [0.15, 0.2) is 41.9 Å². The molecule has 0 fully saturated rings. The van der Waals surface area contributed by atoms with E-state index in [1.54, 1.807) is 0 Å². The molecule has 1 rings (SSSR count). The molecule has 14 heteroatoms. The highest BCUT2D eigenvalue weighted by Gasteiger charge is 2.57. The maximum Gasteiger partial charge on any atom is 0.425 e. The summed E-state index contributed by atoms with van der Waals surface area (Å²) < 4.78 is 137. The first-order chi connectivity index (χ1) is 14.8. The average Bonchev–Trinajstić information content (AvgIpc) is 2.69. The molecule has 186 valence electrons. The van der Waals surface area contributed by atoms with Crippen LogP contribution in [0.5, 0.6) is 0 Å². The number of nitrogens with zero attached hydrogens (tertiary/aromatic N) is 1. The summed E-state index contributed by atoms with van der Waals surface area (Å²) in [6.45, 7) is 3.39. The van der Waals surface area contributed by atoms with Gasteiger partial charge in [0.25, 0.3) is 12.1 Å². The summed E-state index contributed by atoms with van der Waals surface area (Å²) in [5.74, 6) is -6.81. The van der Waals surface area contributed by atoms with Crippen molar-refractivity contribution < 1.29 is 48.5 Å². The Morgan fingerprint density at radius 2 is 1.73 bits per heavy atom. The van der Waals surface area contributed by atoms with Gasteiger partial charge in [-0.15, -0.1) is 0 Å². The Hall–Kier alpha value is -2.51. The van der Waals surface area contributed by atoms with Gasteiger partial charge in [0, 0.05) is 18.0 Å². The first kappa shape index (κ1) is 28.5. The Morgan fingerprint density at radius 1 is 1.18 bits per heavy atom. The van der Waals surface area contributed by atoms with Crippen molar-refractivity contribution in [2.24, 2.45) is 0 Å². The number of nitrogens with one attached hydrogen (secondary N) is 1. The zero-order valence-electron chi connectivity index (χ0n) is 17.2. The van der Waals surface area contributed by atoms with Gasteiger partial charge in [-0.05, 0) is 30.2 Å². The zero-order chi connectivity index (χ0) is 26.0. The minimum absolute atomic E-state index is 0.0105. The van der Waals surface area contributed by atoms with Gasteiger partial charge in [0.1, 0.15) is 0 Å². The number of halogens is 9. The molecule has 0 aromatic heterocycles. The second kappa shape index (κ2) is 9.77. The van der Waals surface area contributed by atoms with E-state index in [0.717, 1.165) is 13.0 Å². The van der Waals surface area contributed by atoms with E-state index in [0.29, 0.717) is 24.4 Å². The van der Waals surface area contributed by atoms with E-state index >= 15 is 0 Å². The van der Waals surface area contributed by atoms with E-state index < -0.39 is 57.1 Å². The molecule has 33 heavy (non-hydrogen) atoms. The van der Waals surface area contributed by atoms with E-state index in [-0.39, 0.29) is 21.8 Å². The summed E-state index contributed by atoms with van der Waals surface area (Å²) in [5, 5.41) is 0. The predicted molar refractivity (Wildman–Crippen MR) is 103 cm³/mol. The van der Waals surface area contributed by atoms with Crippen LogP contribution in [-0.2, 0) is 20.7 Å². The number of amides is 1. The van der Waals surface area contributed by atoms with E-state index in [4.69, 9.17) is 4.78 Å². The summed E-state index contributed by atoms with van der Waals surface area (Å²) in [5.41, 5.74) is -1.69. The molecular weight excluding hydrogens is 491 g/mol. The van der Waals surface area contributed by atoms with E-state index in [2.05, 4.69) is 6.58 Å². The topological polar surface area (TPSA) is 61.2 Å². The number of carbonyl (C=O) groups excluding carboxylic acids is 1. The third kappa shape index (κ3) is 6.98. The third-order valence-electron chi connectivity index (χ3n) is 4.38. The molecule has 0 aliphatic carbocycles. The summed E-state index contributed by atoms with van der Waals surface area (Å²) >= 11 is 0. The van der Waals surface area contributed by atoms with Gasteiger partial charge in [0.05, 0.1) is 26.7 Å². The van der Waals surface area contributed by atoms with Crippen molar-refractivity contribution >= 4 is 21.2 Å². The molecule has 1 amide bonds. The van der Waals surface area contributed by atoms with Gasteiger partial charge >= 0.3 is 18.3 Å². The number of allylic oxidation sites excluding steroid dienone is 1. The van der Waals surface area contributed by atoms with Crippen molar-refractivity contribution in [2.75, 3.05) is 12.3 Å². The third-order valence-corrected chi connectivity index (χ3v) is 6.24. The molecule has 0 saturated heterocycles. The summed E-state index contributed by atoms with van der Waals surface area (Å²) in [6.07, 6.45) is -14.3. The molecular formula is C19H19F9N2O2S. The Labute approximate surface area is 183 Å². The van der Waals surface area contributed by atoms with Crippen LogP contribution < -0.4 is 0 Å². The van der Waals surface area contributed by atoms with Gasteiger partial charge < -0.3 is 4.90 Å². The fourth-order valence-corrected chi connectivity index (χ4v) is 3.79. The number of rotatable bonds is 8. The first-order valence-corrected chi connectivity index (χ1v) is 10.7. The SMILES string of the molecule is C=CN(CC(F)(F)C(F)C(F)(F)F)C(=O)/C=C(\C)c1ccc(C(F)(F)F)cc1S(=N)(=O)CC. The lowest BCUT2D eigenvalue weighted by Gasteiger charge is -2.27. The maximum atomic E-state index is 13.7. The van der Waals surface area contributed by atoms with Gasteiger partial charge in [-0.3, -0.25) is 4.79 Å². The highest BCUT2D eigenvalue weighted by atomic mass is 32.2. The molecule has 0 saturated carbocycles. The molecule has 0 radical (unpaired) electrons. The Kier molecular flexibility index (Phi) is 8.45. The van der Waals surface area contributed by atoms with E-state index in [9.17, 15) is 48.5 Å². The largest absolute Gasteiger partial charge is 0.425 e. The zero-order valence-corrected chi connectivity index (χ0v) is 18.0. The molecule has 2 unspecified atom stereocenters. The highest BCUT2D eigenvalue weighted by molar-refractivity contribution is 7.92. The van der Waals surface area contributed by atoms with Gasteiger partial charge in [0.2, 0.25) is 0 Å². The monoisotopic (exact) mass is 510 g/mol. The molecule has 2 atom stereocenters. The normalized spacial score (nSPS) is 16.2. The van der Waals surface area contributed by atoms with Gasteiger partial charge in [-0.25, -0.2) is 22.2 Å². The van der Waals surface area contributed by atoms with Crippen molar-refractivity contribution in [1.29, 1.82) is 4.78 Å². The molecule has 0 aliphatic heterocycles. The van der Waals surface area contributed by atoms with Crippen molar-refractivity contribution in [3.8, 4) is 0 Å². The summed E-state index contributed by atoms with van der Waals surface area (Å²) in [4.78, 5) is 11.7. The van der Waals surface area contributed by atoms with Gasteiger partial charge in [-0.2, -0.15) is 26.3 Å². The molecule has 0 aliphatic rings. The van der Waals surface area contributed by atoms with Gasteiger partial charge in [0.15, 0.2) is 0 Å². The summed E-state index contributed by atoms with van der Waals surface area (Å²) in [7, 11) is -3.76. The van der Waals surface area contributed by atoms with Gasteiger partial charge in [-0.1, -0.05) is 19.6 Å². The fourth-order valence-electron chi connectivity index (χ4n) is 2.58. The molecule has 0 bridgehead atoms. The van der Waals surface area contributed by atoms with Crippen LogP contribution in [-0.4, -0.2) is 45.6 Å². The lowest BCUT2D eigenvalue weighted by atomic mass is 10.0. The van der Waals surface area contributed by atoms with E-state index in [1.807, 2.05) is 0 Å². The minimum atomic E-state index is -5.89. The number of hydrogen-bond acceptors (Lipinski definition) is 3. The molecule has 0 spiro atoms. The molecule has 1 aromatic carbocycles. The summed E-state index contributed by atoms with van der Waals surface area (Å²) in [6, 6.07) is 1.88. The smallest absolute Gasteiger partial charge is 0.310 e. The van der Waals surface area contributed by atoms with Crippen molar-refractivity contribution in [1.82, 2.24) is 4.90 Å². The number of benzene rings is 1. The number of alkyl halides is 9. The number of carbonyl (C=O) groups is 1. The van der Waals surface area contributed by atoms with E-state index in [1.165, 1.54) is 6.92 Å². The lowest BCUT2D eigenvalue weighted by Crippen LogP contribution is -2.49. The fraction of sp³-hybridized carbons (Fsp3) is 0.421. The molecule has 0 heterocycles. The van der Waals surface area contributed by atoms with Crippen LogP contribution in [0.1, 0.15) is 25.0 Å². The van der Waals surface area contributed by atoms with Crippen LogP contribution in [0.25, 0.3) is 5.57 Å². The number of hydrogen-bond donors (Lipinski definition) is 1. The van der Waals surface area contributed by atoms with Crippen LogP contribution in [0.4, 0.5) is 39.5 Å². The Balaban J connectivity index is 3.42. The quantitative estimate of drug-likeness (QED) is 0.342. The maximum absolute atomic E-state index is 13.7. The van der Waals surface area contributed by atoms with Crippen LogP contribution in [0.2, 0.25) is 0 Å². The van der Waals surface area contributed by atoms with Crippen molar-refractivity contribution in [3.05, 3.63) is 48.2 Å². The Morgan fingerprint density at radius 3 is 2.15 bits per heavy atom. The highest BCUT2D eigenvalue weighted by Crippen LogP contribution is 2.36. The molecule has 4 nitrogen and oxygen atoms in total. The minimum Gasteiger partial charge on any atom is -0.310 e. The molecule has 1 N–H and O–H groups in total.